The van der Waals surface area contributed by atoms with Gasteiger partial charge in [-0.3, -0.25) is 4.79 Å². The fourth-order valence-corrected chi connectivity index (χ4v) is 2.77. The molecule has 0 heterocycles. The van der Waals surface area contributed by atoms with E-state index in [9.17, 15) is 4.79 Å². The van der Waals surface area contributed by atoms with Gasteiger partial charge >= 0.3 is 0 Å². The highest BCUT2D eigenvalue weighted by Crippen LogP contribution is 2.27. The first-order valence-electron chi connectivity index (χ1n) is 7.02. The Balaban J connectivity index is 2.24. The van der Waals surface area contributed by atoms with Crippen LogP contribution >= 0.6 is 0 Å². The number of nitrogens with zero attached hydrogens (tertiary/aromatic N) is 1. The van der Waals surface area contributed by atoms with Gasteiger partial charge in [0.05, 0.1) is 12.7 Å². The van der Waals surface area contributed by atoms with E-state index in [1.54, 1.807) is 31.4 Å². The minimum atomic E-state index is -0.0167. The van der Waals surface area contributed by atoms with E-state index in [1.165, 1.54) is 12.8 Å². The summed E-state index contributed by atoms with van der Waals surface area (Å²) in [6, 6.07) is 5.50. The maximum Gasteiger partial charge on any atom is 0.256 e. The van der Waals surface area contributed by atoms with Crippen LogP contribution in [0, 0.1) is 0 Å². The highest BCUT2D eigenvalue weighted by atomic mass is 16.5. The van der Waals surface area contributed by atoms with Crippen LogP contribution < -0.4 is 10.5 Å². The van der Waals surface area contributed by atoms with Gasteiger partial charge in [-0.2, -0.15) is 0 Å². The Bertz CT molecular complexity index is 493. The summed E-state index contributed by atoms with van der Waals surface area (Å²) < 4.78 is 5.12. The smallest absolute Gasteiger partial charge is 0.256 e. The zero-order valence-corrected chi connectivity index (χ0v) is 12.0. The molecule has 2 rings (SSSR count). The number of methoxy groups -OCH3 is 1. The van der Waals surface area contributed by atoms with E-state index in [-0.39, 0.29) is 5.91 Å². The first-order chi connectivity index (χ1) is 9.67. The molecule has 0 spiro atoms. The van der Waals surface area contributed by atoms with Gasteiger partial charge in [-0.1, -0.05) is 18.9 Å². The molecule has 20 heavy (non-hydrogen) atoms. The van der Waals surface area contributed by atoms with Crippen LogP contribution in [0.1, 0.15) is 36.0 Å². The predicted molar refractivity (Wildman–Crippen MR) is 80.9 cm³/mol. The summed E-state index contributed by atoms with van der Waals surface area (Å²) in [5, 5.41) is 0. The number of anilines is 1. The minimum Gasteiger partial charge on any atom is -0.497 e. The molecule has 0 atom stereocenters. The van der Waals surface area contributed by atoms with Gasteiger partial charge in [0.1, 0.15) is 5.75 Å². The van der Waals surface area contributed by atoms with Crippen molar-refractivity contribution in [3.8, 4) is 5.75 Å². The fraction of sp³-hybridized carbons (Fsp3) is 0.438. The normalized spacial score (nSPS) is 15.1. The summed E-state index contributed by atoms with van der Waals surface area (Å²) in [5.74, 6) is 0.646. The summed E-state index contributed by atoms with van der Waals surface area (Å²) in [4.78, 5) is 14.6. The zero-order chi connectivity index (χ0) is 14.5. The molecule has 0 aromatic heterocycles. The molecule has 0 bridgehead atoms. The molecule has 1 amide bonds. The van der Waals surface area contributed by atoms with E-state index >= 15 is 0 Å². The van der Waals surface area contributed by atoms with Crippen LogP contribution in [0.15, 0.2) is 30.9 Å². The Hall–Kier alpha value is -1.97. The Kier molecular flexibility index (Phi) is 4.66. The molecule has 1 fully saturated rings. The second kappa shape index (κ2) is 6.46. The van der Waals surface area contributed by atoms with E-state index in [0.29, 0.717) is 29.6 Å². The van der Waals surface area contributed by atoms with E-state index in [4.69, 9.17) is 10.5 Å². The summed E-state index contributed by atoms with van der Waals surface area (Å²) in [7, 11) is 1.58. The lowest BCUT2D eigenvalue weighted by Crippen LogP contribution is -2.39. The van der Waals surface area contributed by atoms with Crippen molar-refractivity contribution in [2.75, 3.05) is 19.4 Å². The van der Waals surface area contributed by atoms with E-state index in [0.717, 1.165) is 12.8 Å². The van der Waals surface area contributed by atoms with Crippen molar-refractivity contribution in [1.82, 2.24) is 4.90 Å². The maximum atomic E-state index is 12.7. The molecule has 0 unspecified atom stereocenters. The van der Waals surface area contributed by atoms with Crippen molar-refractivity contribution >= 4 is 11.6 Å². The Morgan fingerprint density at radius 3 is 2.75 bits per heavy atom. The zero-order valence-electron chi connectivity index (χ0n) is 12.0. The van der Waals surface area contributed by atoms with Crippen LogP contribution in [0.2, 0.25) is 0 Å². The molecule has 1 aliphatic carbocycles. The van der Waals surface area contributed by atoms with Gasteiger partial charge in [0, 0.05) is 24.3 Å². The molecule has 108 valence electrons. The summed E-state index contributed by atoms with van der Waals surface area (Å²) >= 11 is 0. The van der Waals surface area contributed by atoms with Crippen LogP contribution in [-0.2, 0) is 0 Å². The van der Waals surface area contributed by atoms with Gasteiger partial charge in [0.15, 0.2) is 0 Å². The third-order valence-electron chi connectivity index (χ3n) is 3.84. The first-order valence-corrected chi connectivity index (χ1v) is 7.02. The fourth-order valence-electron chi connectivity index (χ4n) is 2.77. The van der Waals surface area contributed by atoms with Gasteiger partial charge in [0.2, 0.25) is 0 Å². The molecule has 4 heteroatoms. The number of ether oxygens (including phenoxy) is 1. The number of amides is 1. The summed E-state index contributed by atoms with van der Waals surface area (Å²) in [5.41, 5.74) is 6.98. The van der Waals surface area contributed by atoms with Crippen LogP contribution in [-0.4, -0.2) is 30.5 Å². The molecule has 0 saturated heterocycles. The average molecular weight is 274 g/mol. The monoisotopic (exact) mass is 274 g/mol. The van der Waals surface area contributed by atoms with Crippen LogP contribution in [0.3, 0.4) is 0 Å². The molecule has 1 aliphatic rings. The van der Waals surface area contributed by atoms with Crippen molar-refractivity contribution < 1.29 is 9.53 Å². The number of nitrogens with two attached hydrogens (primary N) is 1. The largest absolute Gasteiger partial charge is 0.497 e. The number of nitrogen functional groups attached to an aromatic ring is 1. The number of rotatable bonds is 5. The summed E-state index contributed by atoms with van der Waals surface area (Å²) in [6.07, 6.45) is 6.27. The second-order valence-corrected chi connectivity index (χ2v) is 5.14. The third kappa shape index (κ3) is 2.95. The number of hydrogen-bond acceptors (Lipinski definition) is 3. The number of carbonyl (C=O) groups is 1. The van der Waals surface area contributed by atoms with Gasteiger partial charge in [-0.15, -0.1) is 6.58 Å². The Labute approximate surface area is 120 Å². The quantitative estimate of drug-likeness (QED) is 0.663. The first kappa shape index (κ1) is 14.4. The lowest BCUT2D eigenvalue weighted by Gasteiger charge is -2.28. The number of benzene rings is 1. The molecule has 1 aromatic rings. The molecule has 4 nitrogen and oxygen atoms in total. The lowest BCUT2D eigenvalue weighted by atomic mass is 10.1. The molecule has 0 aliphatic heterocycles. The average Bonchev–Trinajstić information content (AvgIpc) is 2.97. The number of hydrogen-bond donors (Lipinski definition) is 1. The number of carbonyl (C=O) groups excluding carboxylic acids is 1. The minimum absolute atomic E-state index is 0.0167. The summed E-state index contributed by atoms with van der Waals surface area (Å²) in [6.45, 7) is 4.32. The van der Waals surface area contributed by atoms with Gasteiger partial charge in [-0.25, -0.2) is 0 Å². The second-order valence-electron chi connectivity index (χ2n) is 5.14. The predicted octanol–water partition coefficient (Wildman–Crippen LogP) is 2.85. The van der Waals surface area contributed by atoms with E-state index in [1.807, 2.05) is 4.90 Å². The van der Waals surface area contributed by atoms with Gasteiger partial charge in [0.25, 0.3) is 5.91 Å². The lowest BCUT2D eigenvalue weighted by molar-refractivity contribution is 0.0707. The highest BCUT2D eigenvalue weighted by Gasteiger charge is 2.27. The molecular weight excluding hydrogens is 252 g/mol. The molecule has 2 N–H and O–H groups in total. The Morgan fingerprint density at radius 2 is 2.20 bits per heavy atom. The van der Waals surface area contributed by atoms with Crippen molar-refractivity contribution in [3.05, 3.63) is 36.4 Å². The molecular formula is C16H22N2O2. The highest BCUT2D eigenvalue weighted by molar-refractivity contribution is 5.99. The van der Waals surface area contributed by atoms with Crippen molar-refractivity contribution in [2.45, 2.75) is 31.7 Å². The Morgan fingerprint density at radius 1 is 1.50 bits per heavy atom. The standard InChI is InChI=1S/C16H22N2O2/c1-3-10-18(12-6-4-5-7-12)16(19)14-9-8-13(20-2)11-15(14)17/h3,8-9,11-12H,1,4-7,10,17H2,2H3. The van der Waals surface area contributed by atoms with Gasteiger partial charge in [-0.05, 0) is 25.0 Å². The third-order valence-corrected chi connectivity index (χ3v) is 3.84. The van der Waals surface area contributed by atoms with E-state index < -0.39 is 0 Å². The SMILES string of the molecule is C=CCN(C(=O)c1ccc(OC)cc1N)C1CCCC1. The van der Waals surface area contributed by atoms with Crippen LogP contribution in [0.25, 0.3) is 0 Å². The molecule has 1 saturated carbocycles. The molecule has 1 aromatic carbocycles. The molecule has 0 radical (unpaired) electrons. The van der Waals surface area contributed by atoms with Crippen LogP contribution in [0.4, 0.5) is 5.69 Å². The van der Waals surface area contributed by atoms with E-state index in [2.05, 4.69) is 6.58 Å². The van der Waals surface area contributed by atoms with Crippen molar-refractivity contribution in [3.63, 3.8) is 0 Å². The van der Waals surface area contributed by atoms with Crippen molar-refractivity contribution in [1.29, 1.82) is 0 Å². The topological polar surface area (TPSA) is 55.6 Å². The van der Waals surface area contributed by atoms with Crippen molar-refractivity contribution in [2.24, 2.45) is 0 Å². The van der Waals surface area contributed by atoms with Crippen LogP contribution in [0.5, 0.6) is 5.75 Å². The maximum absolute atomic E-state index is 12.7. The van der Waals surface area contributed by atoms with Gasteiger partial charge < -0.3 is 15.4 Å².